The summed E-state index contributed by atoms with van der Waals surface area (Å²) in [6, 6.07) is 17.2. The number of rotatable bonds is 5. The minimum absolute atomic E-state index is 0.0497. The zero-order valence-corrected chi connectivity index (χ0v) is 14.0. The molecule has 1 aromatic heterocycles. The molecule has 25 heavy (non-hydrogen) atoms. The molecule has 1 amide bonds. The average molecular weight is 338 g/mol. The molecule has 0 spiro atoms. The van der Waals surface area contributed by atoms with Crippen LogP contribution in [0, 0.1) is 0 Å². The van der Waals surface area contributed by atoms with Gasteiger partial charge >= 0.3 is 11.7 Å². The number of aromatic nitrogens is 2. The predicted octanol–water partition coefficient (Wildman–Crippen LogP) is 2.23. The Labute approximate surface area is 145 Å². The second kappa shape index (κ2) is 7.61. The van der Waals surface area contributed by atoms with E-state index in [4.69, 9.17) is 0 Å². The number of para-hydroxylation sites is 1. The Balaban J connectivity index is 1.98. The predicted molar refractivity (Wildman–Crippen MR) is 95.2 cm³/mol. The third-order valence-electron chi connectivity index (χ3n) is 3.99. The van der Waals surface area contributed by atoms with Crippen molar-refractivity contribution in [2.75, 3.05) is 13.7 Å². The van der Waals surface area contributed by atoms with Gasteiger partial charge in [0, 0.05) is 13.0 Å². The zero-order valence-electron chi connectivity index (χ0n) is 14.0. The van der Waals surface area contributed by atoms with E-state index >= 15 is 0 Å². The molecular formula is C19H20N3O3+. The fraction of sp³-hybridized carbons (Fsp3) is 0.211. The molecule has 128 valence electrons. The van der Waals surface area contributed by atoms with Gasteiger partial charge in [-0.25, -0.2) is 14.6 Å². The number of benzene rings is 2. The van der Waals surface area contributed by atoms with Crippen molar-refractivity contribution in [2.45, 2.75) is 13.0 Å². The first kappa shape index (κ1) is 16.7. The van der Waals surface area contributed by atoms with Gasteiger partial charge in [-0.2, -0.15) is 4.57 Å². The number of methoxy groups -OCH3 is 1. The Morgan fingerprint density at radius 3 is 2.60 bits per heavy atom. The van der Waals surface area contributed by atoms with E-state index in [-0.39, 0.29) is 5.56 Å². The number of hydrogen-bond donors (Lipinski definition) is 1. The Morgan fingerprint density at radius 2 is 1.84 bits per heavy atom. The molecular weight excluding hydrogens is 318 g/mol. The van der Waals surface area contributed by atoms with Crippen LogP contribution in [0.4, 0.5) is 4.79 Å². The smallest absolute Gasteiger partial charge is 0.406 e. The second-order valence-electron chi connectivity index (χ2n) is 5.61. The van der Waals surface area contributed by atoms with Gasteiger partial charge in [0.1, 0.15) is 10.9 Å². The van der Waals surface area contributed by atoms with Gasteiger partial charge in [-0.3, -0.25) is 0 Å². The van der Waals surface area contributed by atoms with Crippen LogP contribution in [0.3, 0.4) is 0 Å². The van der Waals surface area contributed by atoms with E-state index in [0.29, 0.717) is 24.9 Å². The van der Waals surface area contributed by atoms with Gasteiger partial charge in [0.15, 0.2) is 0 Å². The Hall–Kier alpha value is -3.15. The van der Waals surface area contributed by atoms with Gasteiger partial charge in [0.25, 0.3) is 5.82 Å². The molecule has 3 aromatic rings. The van der Waals surface area contributed by atoms with Crippen LogP contribution in [0.5, 0.6) is 0 Å². The lowest BCUT2D eigenvalue weighted by atomic mass is 10.1. The fourth-order valence-corrected chi connectivity index (χ4v) is 2.76. The molecule has 0 saturated heterocycles. The van der Waals surface area contributed by atoms with Crippen LogP contribution >= 0.6 is 0 Å². The largest absolute Gasteiger partial charge is 0.453 e. The number of hydrogen-bond acceptors (Lipinski definition) is 3. The monoisotopic (exact) mass is 338 g/mol. The summed E-state index contributed by atoms with van der Waals surface area (Å²) < 4.78 is 6.27. The molecule has 0 aliphatic rings. The topological polar surface area (TPSA) is 74.5 Å². The summed E-state index contributed by atoms with van der Waals surface area (Å²) in [6.45, 7) is 0.911. The summed E-state index contributed by atoms with van der Waals surface area (Å²) in [5, 5.41) is 3.27. The number of fused-ring (bicyclic) bond motifs is 1. The van der Waals surface area contributed by atoms with Gasteiger partial charge in [-0.1, -0.05) is 30.3 Å². The van der Waals surface area contributed by atoms with Crippen molar-refractivity contribution in [2.24, 2.45) is 0 Å². The molecule has 0 unspecified atom stereocenters. The Kier molecular flexibility index (Phi) is 5.09. The van der Waals surface area contributed by atoms with Gasteiger partial charge in [0.2, 0.25) is 0 Å². The first-order chi connectivity index (χ1) is 12.2. The number of H-pyrrole nitrogens is 1. The van der Waals surface area contributed by atoms with Crippen LogP contribution in [0.25, 0.3) is 22.3 Å². The van der Waals surface area contributed by atoms with Gasteiger partial charge in [-0.05, 0) is 24.3 Å². The van der Waals surface area contributed by atoms with Crippen molar-refractivity contribution in [1.82, 2.24) is 9.88 Å². The first-order valence-electron chi connectivity index (χ1n) is 8.13. The van der Waals surface area contributed by atoms with Crippen LogP contribution in [-0.2, 0) is 11.3 Å². The first-order valence-corrected chi connectivity index (χ1v) is 8.13. The SMILES string of the molecule is COC(=O)NCCCn1c(-c2ccccc2)[nH+]c2ccccc2c1=O. The quantitative estimate of drug-likeness (QED) is 0.725. The van der Waals surface area contributed by atoms with Crippen LogP contribution in [0.1, 0.15) is 6.42 Å². The van der Waals surface area contributed by atoms with Crippen molar-refractivity contribution in [3.63, 3.8) is 0 Å². The molecule has 0 saturated carbocycles. The number of aromatic amines is 1. The summed E-state index contributed by atoms with van der Waals surface area (Å²) in [7, 11) is 1.33. The third kappa shape index (κ3) is 3.68. The molecule has 3 rings (SSSR count). The van der Waals surface area contributed by atoms with E-state index in [9.17, 15) is 9.59 Å². The highest BCUT2D eigenvalue weighted by molar-refractivity contribution is 5.75. The molecule has 0 bridgehead atoms. The molecule has 2 aromatic carbocycles. The minimum Gasteiger partial charge on any atom is -0.453 e. The second-order valence-corrected chi connectivity index (χ2v) is 5.61. The standard InChI is InChI=1S/C19H19N3O3/c1-25-19(24)20-12-7-13-22-17(14-8-3-2-4-9-14)21-16-11-6-5-10-15(16)18(22)23/h2-6,8-11H,7,12-13H2,1H3,(H,20,24)/p+1. The lowest BCUT2D eigenvalue weighted by Gasteiger charge is -2.08. The van der Waals surface area contributed by atoms with Crippen LogP contribution in [0.15, 0.2) is 59.4 Å². The maximum Gasteiger partial charge on any atom is 0.406 e. The van der Waals surface area contributed by atoms with Crippen molar-refractivity contribution >= 4 is 17.0 Å². The molecule has 0 aliphatic heterocycles. The van der Waals surface area contributed by atoms with Gasteiger partial charge in [0.05, 0.1) is 19.2 Å². The molecule has 2 N–H and O–H groups in total. The highest BCUT2D eigenvalue weighted by Gasteiger charge is 2.19. The van der Waals surface area contributed by atoms with E-state index in [1.807, 2.05) is 54.6 Å². The number of ether oxygens (including phenoxy) is 1. The summed E-state index contributed by atoms with van der Waals surface area (Å²) in [5.41, 5.74) is 1.69. The number of amides is 1. The zero-order chi connectivity index (χ0) is 17.6. The number of alkyl carbamates (subject to hydrolysis) is 1. The van der Waals surface area contributed by atoms with E-state index < -0.39 is 6.09 Å². The normalized spacial score (nSPS) is 10.6. The molecule has 0 atom stereocenters. The molecule has 6 nitrogen and oxygen atoms in total. The third-order valence-corrected chi connectivity index (χ3v) is 3.99. The highest BCUT2D eigenvalue weighted by atomic mass is 16.5. The van der Waals surface area contributed by atoms with Crippen molar-refractivity contribution in [3.8, 4) is 11.4 Å². The number of carbonyl (C=O) groups excluding carboxylic acids is 1. The maximum atomic E-state index is 12.9. The maximum absolute atomic E-state index is 12.9. The summed E-state index contributed by atoms with van der Waals surface area (Å²) in [5.74, 6) is 0.752. The highest BCUT2D eigenvalue weighted by Crippen LogP contribution is 2.15. The van der Waals surface area contributed by atoms with Crippen molar-refractivity contribution in [1.29, 1.82) is 0 Å². The van der Waals surface area contributed by atoms with Gasteiger partial charge < -0.3 is 10.1 Å². The molecule has 0 fully saturated rings. The number of carbonyl (C=O) groups is 1. The minimum atomic E-state index is -0.472. The van der Waals surface area contributed by atoms with E-state index in [2.05, 4.69) is 15.0 Å². The van der Waals surface area contributed by atoms with E-state index in [0.717, 1.165) is 16.9 Å². The number of nitrogens with zero attached hydrogens (tertiary/aromatic N) is 1. The molecule has 6 heteroatoms. The average Bonchev–Trinajstić information content (AvgIpc) is 2.67. The van der Waals surface area contributed by atoms with Gasteiger partial charge in [-0.15, -0.1) is 0 Å². The molecule has 1 heterocycles. The summed E-state index contributed by atoms with van der Waals surface area (Å²) >= 11 is 0. The fourth-order valence-electron chi connectivity index (χ4n) is 2.76. The van der Waals surface area contributed by atoms with Crippen molar-refractivity contribution in [3.05, 3.63) is 65.0 Å². The lowest BCUT2D eigenvalue weighted by Crippen LogP contribution is -2.32. The number of nitrogens with one attached hydrogen (secondary N) is 2. The van der Waals surface area contributed by atoms with Crippen LogP contribution in [0.2, 0.25) is 0 Å². The van der Waals surface area contributed by atoms with Crippen molar-refractivity contribution < 1.29 is 14.5 Å². The Bertz CT molecular complexity index is 936. The molecule has 0 radical (unpaired) electrons. The Morgan fingerprint density at radius 1 is 1.12 bits per heavy atom. The van der Waals surface area contributed by atoms with E-state index in [1.165, 1.54) is 7.11 Å². The summed E-state index contributed by atoms with van der Waals surface area (Å²) in [4.78, 5) is 27.4. The van der Waals surface area contributed by atoms with E-state index in [1.54, 1.807) is 4.57 Å². The molecule has 0 aliphatic carbocycles. The summed E-state index contributed by atoms with van der Waals surface area (Å²) in [6.07, 6.45) is 0.141. The lowest BCUT2D eigenvalue weighted by molar-refractivity contribution is -0.338. The van der Waals surface area contributed by atoms with Crippen LogP contribution in [-0.4, -0.2) is 24.3 Å². The van der Waals surface area contributed by atoms with Crippen LogP contribution < -0.4 is 15.9 Å².